The number of nitrogens with zero attached hydrogens (tertiary/aromatic N) is 3. The van der Waals surface area contributed by atoms with Gasteiger partial charge in [-0.05, 0) is 18.6 Å². The largest absolute Gasteiger partial charge is 0.378 e. The van der Waals surface area contributed by atoms with Crippen molar-refractivity contribution in [3.8, 4) is 0 Å². The summed E-state index contributed by atoms with van der Waals surface area (Å²) in [4.78, 5) is 31.1. The van der Waals surface area contributed by atoms with Crippen LogP contribution in [0.4, 0.5) is 0 Å². The van der Waals surface area contributed by atoms with Gasteiger partial charge in [-0.15, -0.1) is 24.8 Å². The number of aromatic nitrogens is 2. The van der Waals surface area contributed by atoms with Crippen molar-refractivity contribution in [3.63, 3.8) is 0 Å². The molecule has 2 amide bonds. The number of nitrogens with two attached hydrogens (primary N) is 1. The van der Waals surface area contributed by atoms with Crippen molar-refractivity contribution in [2.75, 3.05) is 39.4 Å². The summed E-state index contributed by atoms with van der Waals surface area (Å²) >= 11 is 0. The number of halogens is 2. The molecule has 0 bridgehead atoms. The number of carbonyl (C=O) groups excluding carboxylic acids is 2. The molecule has 2 fully saturated rings. The molecule has 0 spiro atoms. The lowest BCUT2D eigenvalue weighted by atomic mass is 9.93. The molecule has 2 saturated heterocycles. The third kappa shape index (κ3) is 4.25. The summed E-state index contributed by atoms with van der Waals surface area (Å²) in [6, 6.07) is 7.55. The van der Waals surface area contributed by atoms with E-state index in [1.807, 2.05) is 33.7 Å². The second-order valence-corrected chi connectivity index (χ2v) is 6.84. The minimum Gasteiger partial charge on any atom is -0.378 e. The minimum absolute atomic E-state index is 0. The number of carbonyl (C=O) groups is 2. The highest BCUT2D eigenvalue weighted by atomic mass is 35.5. The lowest BCUT2D eigenvalue weighted by Gasteiger charge is -2.35. The highest BCUT2D eigenvalue weighted by Crippen LogP contribution is 2.28. The maximum absolute atomic E-state index is 12.9. The van der Waals surface area contributed by atoms with Gasteiger partial charge in [0.1, 0.15) is 0 Å². The predicted molar refractivity (Wildman–Crippen MR) is 110 cm³/mol. The molecule has 1 aromatic heterocycles. The van der Waals surface area contributed by atoms with E-state index in [0.717, 1.165) is 11.0 Å². The number of hydrogen-bond donors (Lipinski definition) is 2. The van der Waals surface area contributed by atoms with Crippen molar-refractivity contribution < 1.29 is 14.3 Å². The van der Waals surface area contributed by atoms with E-state index in [1.165, 1.54) is 0 Å². The first-order chi connectivity index (χ1) is 12.6. The maximum atomic E-state index is 12.9. The van der Waals surface area contributed by atoms with Crippen LogP contribution in [-0.2, 0) is 9.53 Å². The second kappa shape index (κ2) is 9.56. The Balaban J connectivity index is 0.00000140. The zero-order valence-corrected chi connectivity index (χ0v) is 17.0. The molecule has 28 heavy (non-hydrogen) atoms. The van der Waals surface area contributed by atoms with Crippen LogP contribution in [0.3, 0.4) is 0 Å². The number of benzene rings is 1. The Morgan fingerprint density at radius 3 is 2.57 bits per heavy atom. The second-order valence-electron chi connectivity index (χ2n) is 6.84. The normalized spacial score (nSPS) is 22.2. The van der Waals surface area contributed by atoms with Gasteiger partial charge in [0.05, 0.1) is 30.2 Å². The van der Waals surface area contributed by atoms with Gasteiger partial charge in [0.15, 0.2) is 5.82 Å². The van der Waals surface area contributed by atoms with Gasteiger partial charge < -0.3 is 25.3 Å². The monoisotopic (exact) mass is 429 g/mol. The van der Waals surface area contributed by atoms with Crippen molar-refractivity contribution in [2.45, 2.75) is 12.5 Å². The molecule has 0 unspecified atom stereocenters. The van der Waals surface area contributed by atoms with E-state index in [0.29, 0.717) is 45.8 Å². The fourth-order valence-corrected chi connectivity index (χ4v) is 3.93. The van der Waals surface area contributed by atoms with Crippen LogP contribution in [0, 0.1) is 5.92 Å². The number of amides is 2. The Morgan fingerprint density at radius 1 is 1.14 bits per heavy atom. The van der Waals surface area contributed by atoms with Crippen LogP contribution < -0.4 is 11.1 Å². The molecule has 2 atom stereocenters. The molecule has 4 rings (SSSR count). The summed E-state index contributed by atoms with van der Waals surface area (Å²) in [6.07, 6.45) is 0.657. The molecule has 0 radical (unpaired) electrons. The molecule has 2 aliphatic rings. The summed E-state index contributed by atoms with van der Waals surface area (Å²) in [5.74, 6) is -0.287. The Morgan fingerprint density at radius 2 is 1.86 bits per heavy atom. The Labute approximate surface area is 175 Å². The summed E-state index contributed by atoms with van der Waals surface area (Å²) in [5.41, 5.74) is 7.17. The van der Waals surface area contributed by atoms with Crippen molar-refractivity contribution in [3.05, 3.63) is 30.1 Å². The molecule has 0 aliphatic carbocycles. The molecule has 8 nitrogen and oxygen atoms in total. The van der Waals surface area contributed by atoms with E-state index < -0.39 is 5.91 Å². The molecule has 1 aromatic carbocycles. The molecule has 3 N–H and O–H groups in total. The van der Waals surface area contributed by atoms with Crippen molar-refractivity contribution in [1.29, 1.82) is 0 Å². The summed E-state index contributed by atoms with van der Waals surface area (Å²) in [7, 11) is 0. The molecule has 154 valence electrons. The van der Waals surface area contributed by atoms with Gasteiger partial charge in [0.25, 0.3) is 5.91 Å². The van der Waals surface area contributed by atoms with Gasteiger partial charge in [0, 0.05) is 32.2 Å². The third-order valence-corrected chi connectivity index (χ3v) is 5.18. The molecule has 2 aromatic rings. The van der Waals surface area contributed by atoms with E-state index in [2.05, 4.69) is 10.3 Å². The highest BCUT2D eigenvalue weighted by molar-refractivity contribution is 5.93. The molecule has 2 aliphatic heterocycles. The maximum Gasteiger partial charge on any atom is 0.284 e. The van der Waals surface area contributed by atoms with E-state index in [9.17, 15) is 9.59 Å². The average Bonchev–Trinajstić information content (AvgIpc) is 3.08. The number of rotatable bonds is 3. The van der Waals surface area contributed by atoms with Crippen LogP contribution >= 0.6 is 24.8 Å². The zero-order valence-electron chi connectivity index (χ0n) is 15.4. The number of primary amides is 1. The number of imidazole rings is 1. The topological polar surface area (TPSA) is 102 Å². The molecular weight excluding hydrogens is 405 g/mol. The summed E-state index contributed by atoms with van der Waals surface area (Å²) < 4.78 is 7.23. The molecule has 10 heteroatoms. The summed E-state index contributed by atoms with van der Waals surface area (Å²) in [5, 5.41) is 3.34. The van der Waals surface area contributed by atoms with E-state index in [1.54, 1.807) is 0 Å². The van der Waals surface area contributed by atoms with Gasteiger partial charge in [-0.2, -0.15) is 0 Å². The van der Waals surface area contributed by atoms with E-state index >= 15 is 0 Å². The minimum atomic E-state index is -0.553. The lowest BCUT2D eigenvalue weighted by molar-refractivity contribution is -0.140. The van der Waals surface area contributed by atoms with Crippen LogP contribution in [0.1, 0.15) is 23.1 Å². The van der Waals surface area contributed by atoms with Crippen LogP contribution in [0.25, 0.3) is 11.0 Å². The number of ether oxygens (including phenoxy) is 1. The van der Waals surface area contributed by atoms with Gasteiger partial charge in [-0.3, -0.25) is 9.59 Å². The quantitative estimate of drug-likeness (QED) is 0.756. The third-order valence-electron chi connectivity index (χ3n) is 5.18. The van der Waals surface area contributed by atoms with Crippen LogP contribution in [0.2, 0.25) is 0 Å². The summed E-state index contributed by atoms with van der Waals surface area (Å²) in [6.45, 7) is 3.78. The Kier molecular flexibility index (Phi) is 7.65. The van der Waals surface area contributed by atoms with Crippen molar-refractivity contribution in [1.82, 2.24) is 19.8 Å². The number of piperidine rings is 1. The number of morpholine rings is 1. The number of para-hydroxylation sites is 2. The SMILES string of the molecule is Cl.Cl.NC(=O)c1nc2ccccc2n1[C@@H]1CNC[C@H](C(=O)N2CCOCC2)C1. The molecular formula is C18H25Cl2N5O3. The van der Waals surface area contributed by atoms with Crippen molar-refractivity contribution >= 4 is 47.7 Å². The van der Waals surface area contributed by atoms with Gasteiger partial charge >= 0.3 is 0 Å². The van der Waals surface area contributed by atoms with E-state index in [4.69, 9.17) is 10.5 Å². The fourth-order valence-electron chi connectivity index (χ4n) is 3.93. The highest BCUT2D eigenvalue weighted by Gasteiger charge is 2.33. The number of hydrogen-bond acceptors (Lipinski definition) is 5. The Bertz CT molecular complexity index is 838. The standard InChI is InChI=1S/C18H23N5O3.2ClH/c19-16(24)17-21-14-3-1-2-4-15(14)23(17)13-9-12(10-20-11-13)18(25)22-5-7-26-8-6-22;;/h1-4,12-13,20H,5-11H2,(H2,19,24);2*1H/t12-,13+;;/m1../s1. The number of nitrogens with one attached hydrogen (secondary N) is 1. The van der Waals surface area contributed by atoms with Crippen molar-refractivity contribution in [2.24, 2.45) is 11.7 Å². The predicted octanol–water partition coefficient (Wildman–Crippen LogP) is 0.988. The van der Waals surface area contributed by atoms with Gasteiger partial charge in [-0.25, -0.2) is 4.98 Å². The zero-order chi connectivity index (χ0) is 18.1. The first kappa shape index (κ1) is 22.4. The lowest BCUT2D eigenvalue weighted by Crippen LogP contribution is -2.49. The van der Waals surface area contributed by atoms with Crippen LogP contribution in [0.15, 0.2) is 24.3 Å². The first-order valence-electron chi connectivity index (χ1n) is 8.99. The van der Waals surface area contributed by atoms with Gasteiger partial charge in [0.2, 0.25) is 5.91 Å². The number of fused-ring (bicyclic) bond motifs is 1. The average molecular weight is 430 g/mol. The molecule has 0 saturated carbocycles. The Hall–Kier alpha value is -1.87. The van der Waals surface area contributed by atoms with E-state index in [-0.39, 0.29) is 48.5 Å². The first-order valence-corrected chi connectivity index (χ1v) is 8.99. The smallest absolute Gasteiger partial charge is 0.284 e. The van der Waals surface area contributed by atoms with Crippen LogP contribution in [0.5, 0.6) is 0 Å². The molecule has 3 heterocycles. The van der Waals surface area contributed by atoms with Crippen LogP contribution in [-0.4, -0.2) is 65.7 Å². The van der Waals surface area contributed by atoms with Gasteiger partial charge in [-0.1, -0.05) is 12.1 Å². The fraction of sp³-hybridized carbons (Fsp3) is 0.500.